The molecule has 0 aliphatic carbocycles. The Morgan fingerprint density at radius 1 is 1.25 bits per heavy atom. The average molecular weight is 378 g/mol. The second-order valence-corrected chi connectivity index (χ2v) is 8.57. The Bertz CT molecular complexity index is 724. The van der Waals surface area contributed by atoms with Gasteiger partial charge in [-0.1, -0.05) is 37.7 Å². The van der Waals surface area contributed by atoms with Crippen LogP contribution in [0, 0.1) is 5.92 Å². The molecule has 0 aliphatic rings. The highest BCUT2D eigenvalue weighted by Crippen LogP contribution is 2.36. The fourth-order valence-electron chi connectivity index (χ4n) is 2.11. The topological polar surface area (TPSA) is 57.8 Å². The zero-order valence-electron chi connectivity index (χ0n) is 13.5. The third kappa shape index (κ3) is 4.28. The van der Waals surface area contributed by atoms with E-state index in [0.29, 0.717) is 18.2 Å². The molecule has 0 radical (unpaired) electrons. The number of carbonyl (C=O) groups excluding carboxylic acids is 1. The van der Waals surface area contributed by atoms with E-state index in [0.717, 1.165) is 26.3 Å². The Labute approximate surface area is 153 Å². The van der Waals surface area contributed by atoms with Gasteiger partial charge >= 0.3 is 0 Å². The number of hydrogen-bond donors (Lipinski definition) is 2. The molecular weight excluding hydrogens is 358 g/mol. The molecular formula is C17H19N3OS3. The molecule has 3 rings (SSSR count). The van der Waals surface area contributed by atoms with E-state index < -0.39 is 0 Å². The summed E-state index contributed by atoms with van der Waals surface area (Å²) in [4.78, 5) is 22.3. The van der Waals surface area contributed by atoms with Crippen LogP contribution in [0.4, 0.5) is 0 Å². The number of thiophene rings is 2. The Morgan fingerprint density at radius 3 is 2.58 bits per heavy atom. The maximum absolute atomic E-state index is 11.9. The molecule has 0 fully saturated rings. The minimum atomic E-state index is 0.0421. The number of thioether (sulfide) groups is 1. The molecule has 24 heavy (non-hydrogen) atoms. The largest absolute Gasteiger partial charge is 0.355 e. The van der Waals surface area contributed by atoms with E-state index in [9.17, 15) is 4.79 Å². The lowest BCUT2D eigenvalue weighted by Gasteiger charge is -2.06. The van der Waals surface area contributed by atoms with Crippen molar-refractivity contribution in [2.45, 2.75) is 19.0 Å². The average Bonchev–Trinajstić information content (AvgIpc) is 3.30. The van der Waals surface area contributed by atoms with Crippen molar-refractivity contribution in [1.82, 2.24) is 15.3 Å². The van der Waals surface area contributed by atoms with Crippen molar-refractivity contribution in [2.75, 3.05) is 12.3 Å². The second kappa shape index (κ2) is 8.00. The Kier molecular flexibility index (Phi) is 5.76. The van der Waals surface area contributed by atoms with Crippen LogP contribution in [-0.4, -0.2) is 28.2 Å². The van der Waals surface area contributed by atoms with Gasteiger partial charge in [-0.05, 0) is 28.8 Å². The number of aromatic nitrogens is 2. The van der Waals surface area contributed by atoms with Crippen LogP contribution in [0.25, 0.3) is 21.1 Å². The first-order valence-electron chi connectivity index (χ1n) is 7.70. The van der Waals surface area contributed by atoms with Crippen molar-refractivity contribution >= 4 is 40.3 Å². The molecule has 4 nitrogen and oxygen atoms in total. The highest BCUT2D eigenvalue weighted by Gasteiger charge is 2.16. The summed E-state index contributed by atoms with van der Waals surface area (Å²) >= 11 is 4.79. The van der Waals surface area contributed by atoms with E-state index in [1.54, 1.807) is 22.7 Å². The number of rotatable bonds is 7. The number of amides is 1. The second-order valence-electron chi connectivity index (χ2n) is 5.71. The predicted octanol–water partition coefficient (Wildman–Crippen LogP) is 4.73. The predicted molar refractivity (Wildman–Crippen MR) is 104 cm³/mol. The lowest BCUT2D eigenvalue weighted by Crippen LogP contribution is -2.28. The maximum Gasteiger partial charge on any atom is 0.230 e. The van der Waals surface area contributed by atoms with E-state index in [1.165, 1.54) is 11.8 Å². The molecule has 0 aromatic carbocycles. The summed E-state index contributed by atoms with van der Waals surface area (Å²) in [5.74, 6) is 0.868. The third-order valence-corrected chi connectivity index (χ3v) is 5.89. The highest BCUT2D eigenvalue weighted by molar-refractivity contribution is 7.99. The van der Waals surface area contributed by atoms with Crippen LogP contribution in [0.1, 0.15) is 13.8 Å². The lowest BCUT2D eigenvalue weighted by atomic mass is 10.2. The van der Waals surface area contributed by atoms with Crippen LogP contribution in [0.2, 0.25) is 0 Å². The van der Waals surface area contributed by atoms with Crippen molar-refractivity contribution in [3.63, 3.8) is 0 Å². The molecule has 126 valence electrons. The van der Waals surface area contributed by atoms with Gasteiger partial charge in [0.25, 0.3) is 0 Å². The van der Waals surface area contributed by atoms with Crippen molar-refractivity contribution in [2.24, 2.45) is 5.92 Å². The summed E-state index contributed by atoms with van der Waals surface area (Å²) in [6.07, 6.45) is 0. The third-order valence-electron chi connectivity index (χ3n) is 3.25. The normalized spacial score (nSPS) is 11.1. The fraction of sp³-hybridized carbons (Fsp3) is 0.294. The molecule has 0 unspecified atom stereocenters. The minimum absolute atomic E-state index is 0.0421. The van der Waals surface area contributed by atoms with Crippen LogP contribution in [0.3, 0.4) is 0 Å². The molecule has 0 aliphatic heterocycles. The van der Waals surface area contributed by atoms with Crippen LogP contribution >= 0.6 is 34.4 Å². The lowest BCUT2D eigenvalue weighted by molar-refractivity contribution is -0.118. The van der Waals surface area contributed by atoms with Crippen LogP contribution in [0.5, 0.6) is 0 Å². The molecule has 3 aromatic rings. The smallest absolute Gasteiger partial charge is 0.230 e. The summed E-state index contributed by atoms with van der Waals surface area (Å²) in [5.41, 5.74) is 1.98. The maximum atomic E-state index is 11.9. The van der Waals surface area contributed by atoms with Gasteiger partial charge in [0.05, 0.1) is 21.2 Å². The Balaban J connectivity index is 1.75. The zero-order chi connectivity index (χ0) is 16.9. The number of nitrogens with one attached hydrogen (secondary N) is 2. The van der Waals surface area contributed by atoms with Crippen LogP contribution in [-0.2, 0) is 4.79 Å². The van der Waals surface area contributed by atoms with Gasteiger partial charge in [-0.3, -0.25) is 4.79 Å². The summed E-state index contributed by atoms with van der Waals surface area (Å²) in [7, 11) is 0. The summed E-state index contributed by atoms with van der Waals surface area (Å²) in [6.45, 7) is 4.87. The van der Waals surface area contributed by atoms with Crippen LogP contribution in [0.15, 0.2) is 40.2 Å². The van der Waals surface area contributed by atoms with Gasteiger partial charge in [-0.2, -0.15) is 0 Å². The van der Waals surface area contributed by atoms with Crippen molar-refractivity contribution < 1.29 is 4.79 Å². The monoisotopic (exact) mass is 377 g/mol. The number of carbonyl (C=O) groups is 1. The molecule has 3 heterocycles. The number of H-pyrrole nitrogens is 1. The molecule has 3 aromatic heterocycles. The van der Waals surface area contributed by atoms with E-state index in [1.807, 2.05) is 17.5 Å². The van der Waals surface area contributed by atoms with E-state index in [-0.39, 0.29) is 5.91 Å². The van der Waals surface area contributed by atoms with Crippen LogP contribution < -0.4 is 5.32 Å². The number of aromatic amines is 1. The SMILES string of the molecule is CC(C)CNC(=O)CSc1nc(-c2cccs2)c(-c2cccs2)[nH]1. The summed E-state index contributed by atoms with van der Waals surface area (Å²) < 4.78 is 0. The number of imidazole rings is 1. The minimum Gasteiger partial charge on any atom is -0.355 e. The zero-order valence-corrected chi connectivity index (χ0v) is 16.0. The molecule has 0 spiro atoms. The molecule has 1 amide bonds. The van der Waals surface area contributed by atoms with Gasteiger partial charge < -0.3 is 10.3 Å². The molecule has 0 bridgehead atoms. The summed E-state index contributed by atoms with van der Waals surface area (Å²) in [6, 6.07) is 8.21. The first-order valence-corrected chi connectivity index (χ1v) is 10.4. The molecule has 0 atom stereocenters. The highest BCUT2D eigenvalue weighted by atomic mass is 32.2. The molecule has 2 N–H and O–H groups in total. The van der Waals surface area contributed by atoms with E-state index >= 15 is 0 Å². The van der Waals surface area contributed by atoms with Crippen molar-refractivity contribution in [3.8, 4) is 21.1 Å². The van der Waals surface area contributed by atoms with Gasteiger partial charge in [0.2, 0.25) is 5.91 Å². The first kappa shape index (κ1) is 17.3. The van der Waals surface area contributed by atoms with Gasteiger partial charge in [0.15, 0.2) is 5.16 Å². The van der Waals surface area contributed by atoms with Crippen molar-refractivity contribution in [3.05, 3.63) is 35.0 Å². The Hall–Kier alpha value is -1.57. The first-order chi connectivity index (χ1) is 11.6. The van der Waals surface area contributed by atoms with E-state index in [2.05, 4.69) is 41.7 Å². The Morgan fingerprint density at radius 2 is 1.96 bits per heavy atom. The molecule has 7 heteroatoms. The van der Waals surface area contributed by atoms with Crippen molar-refractivity contribution in [1.29, 1.82) is 0 Å². The number of hydrogen-bond acceptors (Lipinski definition) is 5. The summed E-state index contributed by atoms with van der Waals surface area (Å²) in [5, 5.41) is 7.82. The quantitative estimate of drug-likeness (QED) is 0.585. The fourth-order valence-corrected chi connectivity index (χ4v) is 4.26. The van der Waals surface area contributed by atoms with Gasteiger partial charge in [-0.25, -0.2) is 4.98 Å². The molecule has 0 saturated carbocycles. The van der Waals surface area contributed by atoms with Gasteiger partial charge in [0, 0.05) is 6.54 Å². The standard InChI is InChI=1S/C17H19N3OS3/c1-11(2)9-18-14(21)10-24-17-19-15(12-5-3-7-22-12)16(20-17)13-6-4-8-23-13/h3-8,11H,9-10H2,1-2H3,(H,18,21)(H,19,20). The van der Waals surface area contributed by atoms with Gasteiger partial charge in [-0.15, -0.1) is 22.7 Å². The molecule has 0 saturated heterocycles. The van der Waals surface area contributed by atoms with E-state index in [4.69, 9.17) is 4.98 Å². The number of nitrogens with zero attached hydrogens (tertiary/aromatic N) is 1. The van der Waals surface area contributed by atoms with Gasteiger partial charge in [0.1, 0.15) is 5.69 Å².